The number of methoxy groups -OCH3 is 2. The van der Waals surface area contributed by atoms with Gasteiger partial charge < -0.3 is 34.9 Å². The van der Waals surface area contributed by atoms with Crippen molar-refractivity contribution < 1.29 is 18.9 Å². The SMILES string of the molecule is COc1cc(NC(=S)N[C@H]2CO[C@H]3[C@@H]2OC[C@@H]3Nc2nccc(-c3ccc(-c4ccccc4)cc3)n2)cc(OC)c1. The Bertz CT molecular complexity index is 1480. The molecule has 2 fully saturated rings. The van der Waals surface area contributed by atoms with E-state index in [-0.39, 0.29) is 24.3 Å². The maximum atomic E-state index is 6.14. The van der Waals surface area contributed by atoms with Crippen LogP contribution in [0.2, 0.25) is 0 Å². The number of nitrogens with one attached hydrogen (secondary N) is 3. The molecule has 1 aromatic heterocycles. The molecule has 9 nitrogen and oxygen atoms in total. The molecule has 3 N–H and O–H groups in total. The molecule has 3 heterocycles. The van der Waals surface area contributed by atoms with Crippen LogP contribution in [0.15, 0.2) is 85.1 Å². The summed E-state index contributed by atoms with van der Waals surface area (Å²) in [7, 11) is 3.22. The molecule has 0 unspecified atom stereocenters. The molecule has 2 saturated heterocycles. The molecule has 2 aliphatic rings. The number of thiocarbonyl (C=S) groups is 1. The van der Waals surface area contributed by atoms with Crippen molar-refractivity contribution in [2.24, 2.45) is 0 Å². The summed E-state index contributed by atoms with van der Waals surface area (Å²) in [5.41, 5.74) is 4.96. The van der Waals surface area contributed by atoms with Crippen molar-refractivity contribution in [3.05, 3.63) is 85.1 Å². The smallest absolute Gasteiger partial charge is 0.223 e. The Morgan fingerprint density at radius 2 is 1.44 bits per heavy atom. The van der Waals surface area contributed by atoms with Crippen molar-refractivity contribution in [2.75, 3.05) is 38.1 Å². The van der Waals surface area contributed by atoms with Crippen LogP contribution in [-0.4, -0.2) is 66.8 Å². The van der Waals surface area contributed by atoms with Crippen molar-refractivity contribution in [3.63, 3.8) is 0 Å². The van der Waals surface area contributed by atoms with Gasteiger partial charge in [0.15, 0.2) is 5.11 Å². The summed E-state index contributed by atoms with van der Waals surface area (Å²) >= 11 is 5.57. The molecule has 2 aliphatic heterocycles. The third kappa shape index (κ3) is 6.09. The van der Waals surface area contributed by atoms with Crippen LogP contribution < -0.4 is 25.4 Å². The van der Waals surface area contributed by atoms with Crippen LogP contribution in [0.4, 0.5) is 11.6 Å². The summed E-state index contributed by atoms with van der Waals surface area (Å²) in [4.78, 5) is 9.22. The van der Waals surface area contributed by atoms with Crippen molar-refractivity contribution in [2.45, 2.75) is 24.3 Å². The average molecular weight is 570 g/mol. The van der Waals surface area contributed by atoms with Gasteiger partial charge in [-0.25, -0.2) is 9.97 Å². The molecule has 10 heteroatoms. The third-order valence-corrected chi connectivity index (χ3v) is 7.46. The molecule has 0 bridgehead atoms. The van der Waals surface area contributed by atoms with Gasteiger partial charge in [0, 0.05) is 35.6 Å². The van der Waals surface area contributed by atoms with E-state index in [0.29, 0.717) is 35.8 Å². The number of fused-ring (bicyclic) bond motifs is 1. The molecule has 41 heavy (non-hydrogen) atoms. The van der Waals surface area contributed by atoms with Gasteiger partial charge in [0.2, 0.25) is 5.95 Å². The molecule has 0 saturated carbocycles. The largest absolute Gasteiger partial charge is 0.497 e. The van der Waals surface area contributed by atoms with Crippen LogP contribution in [0.5, 0.6) is 11.5 Å². The highest BCUT2D eigenvalue weighted by molar-refractivity contribution is 7.80. The second-order valence-corrected chi connectivity index (χ2v) is 10.3. The van der Waals surface area contributed by atoms with Crippen molar-refractivity contribution in [1.82, 2.24) is 15.3 Å². The minimum Gasteiger partial charge on any atom is -0.497 e. The predicted octanol–water partition coefficient (Wildman–Crippen LogP) is 4.76. The first kappa shape index (κ1) is 26.9. The number of aromatic nitrogens is 2. The Morgan fingerprint density at radius 3 is 2.15 bits per heavy atom. The summed E-state index contributed by atoms with van der Waals surface area (Å²) in [5, 5.41) is 10.4. The van der Waals surface area contributed by atoms with Gasteiger partial charge in [0.05, 0.1) is 45.2 Å². The van der Waals surface area contributed by atoms with Gasteiger partial charge in [-0.1, -0.05) is 54.6 Å². The average Bonchev–Trinajstić information content (AvgIpc) is 3.60. The topological polar surface area (TPSA) is 98.8 Å². The van der Waals surface area contributed by atoms with Gasteiger partial charge in [-0.05, 0) is 29.4 Å². The fourth-order valence-electron chi connectivity index (χ4n) is 5.18. The van der Waals surface area contributed by atoms with E-state index in [2.05, 4.69) is 57.3 Å². The maximum absolute atomic E-state index is 6.14. The molecule has 0 radical (unpaired) electrons. The molecular weight excluding hydrogens is 538 g/mol. The molecule has 4 aromatic rings. The second-order valence-electron chi connectivity index (χ2n) is 9.86. The fraction of sp³-hybridized carbons (Fsp3) is 0.258. The lowest BCUT2D eigenvalue weighted by molar-refractivity contribution is 0.0689. The van der Waals surface area contributed by atoms with E-state index in [9.17, 15) is 0 Å². The van der Waals surface area contributed by atoms with Gasteiger partial charge in [0.25, 0.3) is 0 Å². The van der Waals surface area contributed by atoms with Crippen LogP contribution in [0.1, 0.15) is 0 Å². The van der Waals surface area contributed by atoms with Crippen LogP contribution in [-0.2, 0) is 9.47 Å². The summed E-state index contributed by atoms with van der Waals surface area (Å²) < 4.78 is 23.0. The van der Waals surface area contributed by atoms with E-state index >= 15 is 0 Å². The van der Waals surface area contributed by atoms with E-state index in [1.165, 1.54) is 5.56 Å². The minimum absolute atomic E-state index is 0.0910. The number of rotatable bonds is 8. The first-order valence-electron chi connectivity index (χ1n) is 13.4. The highest BCUT2D eigenvalue weighted by Crippen LogP contribution is 2.30. The van der Waals surface area contributed by atoms with Crippen molar-refractivity contribution >= 4 is 29.0 Å². The molecular formula is C31H31N5O4S. The predicted molar refractivity (Wildman–Crippen MR) is 162 cm³/mol. The Hall–Kier alpha value is -4.25. The van der Waals surface area contributed by atoms with Gasteiger partial charge in [0.1, 0.15) is 23.7 Å². The van der Waals surface area contributed by atoms with Crippen LogP contribution in [0, 0.1) is 0 Å². The lowest BCUT2D eigenvalue weighted by Crippen LogP contribution is -2.46. The molecule has 6 rings (SSSR count). The van der Waals surface area contributed by atoms with Gasteiger partial charge in [-0.2, -0.15) is 0 Å². The Labute approximate surface area is 244 Å². The zero-order chi connectivity index (χ0) is 28.2. The number of hydrogen-bond acceptors (Lipinski definition) is 8. The number of hydrogen-bond donors (Lipinski definition) is 3. The third-order valence-electron chi connectivity index (χ3n) is 7.24. The number of ether oxygens (including phenoxy) is 4. The van der Waals surface area contributed by atoms with Crippen LogP contribution in [0.25, 0.3) is 22.4 Å². The second kappa shape index (κ2) is 12.1. The lowest BCUT2D eigenvalue weighted by atomic mass is 10.0. The van der Waals surface area contributed by atoms with E-state index < -0.39 is 0 Å². The maximum Gasteiger partial charge on any atom is 0.223 e. The van der Waals surface area contributed by atoms with E-state index in [0.717, 1.165) is 22.5 Å². The molecule has 0 spiro atoms. The normalized spacial score (nSPS) is 21.1. The fourth-order valence-corrected chi connectivity index (χ4v) is 5.45. The molecule has 0 amide bonds. The van der Waals surface area contributed by atoms with Crippen LogP contribution in [0.3, 0.4) is 0 Å². The Balaban J connectivity index is 1.07. The molecule has 210 valence electrons. The summed E-state index contributed by atoms with van der Waals surface area (Å²) in [6.07, 6.45) is 1.44. The quantitative estimate of drug-likeness (QED) is 0.258. The lowest BCUT2D eigenvalue weighted by Gasteiger charge is -2.20. The van der Waals surface area contributed by atoms with Gasteiger partial charge >= 0.3 is 0 Å². The van der Waals surface area contributed by atoms with Crippen LogP contribution >= 0.6 is 12.2 Å². The standard InChI is InChI=1S/C31H31N5O4S/c1-37-23-14-22(15-24(16-23)38-2)33-31(41)36-27-18-40-28-26(17-39-29(27)28)35-30-32-13-12-25(34-30)21-10-8-20(9-11-21)19-6-4-3-5-7-19/h3-16,26-29H,17-18H2,1-2H3,(H,32,34,35)(H2,33,36,41)/t26-,27-,28+,29+/m0/s1. The number of nitrogens with zero attached hydrogens (tertiary/aromatic N) is 2. The summed E-state index contributed by atoms with van der Waals surface area (Å²) in [6.45, 7) is 0.936. The minimum atomic E-state index is -0.166. The summed E-state index contributed by atoms with van der Waals surface area (Å²) in [6, 6.07) is 25.9. The molecule has 4 atom stereocenters. The van der Waals surface area contributed by atoms with E-state index in [1.807, 2.05) is 36.4 Å². The highest BCUT2D eigenvalue weighted by Gasteiger charge is 2.48. The number of benzene rings is 3. The monoisotopic (exact) mass is 569 g/mol. The number of anilines is 2. The van der Waals surface area contributed by atoms with E-state index in [1.54, 1.807) is 26.5 Å². The van der Waals surface area contributed by atoms with Gasteiger partial charge in [-0.15, -0.1) is 0 Å². The summed E-state index contributed by atoms with van der Waals surface area (Å²) in [5.74, 6) is 1.87. The first-order valence-corrected chi connectivity index (χ1v) is 13.8. The zero-order valence-corrected chi connectivity index (χ0v) is 23.6. The zero-order valence-electron chi connectivity index (χ0n) is 22.7. The molecule has 3 aromatic carbocycles. The van der Waals surface area contributed by atoms with E-state index in [4.69, 9.17) is 36.1 Å². The van der Waals surface area contributed by atoms with Crippen molar-refractivity contribution in [1.29, 1.82) is 0 Å². The Kier molecular flexibility index (Phi) is 7.95. The van der Waals surface area contributed by atoms with Crippen molar-refractivity contribution in [3.8, 4) is 33.9 Å². The molecule has 0 aliphatic carbocycles. The first-order chi connectivity index (χ1) is 20.1. The van der Waals surface area contributed by atoms with Gasteiger partial charge in [-0.3, -0.25) is 0 Å². The highest BCUT2D eigenvalue weighted by atomic mass is 32.1. The Morgan fingerprint density at radius 1 is 0.805 bits per heavy atom.